The van der Waals surface area contributed by atoms with Crippen LogP contribution in [0.15, 0.2) is 12.2 Å². The van der Waals surface area contributed by atoms with Gasteiger partial charge in [-0.25, -0.2) is 0 Å². The van der Waals surface area contributed by atoms with Crippen molar-refractivity contribution < 1.29 is 9.84 Å². The maximum atomic E-state index is 10.0. The van der Waals surface area contributed by atoms with E-state index in [9.17, 15) is 5.11 Å². The van der Waals surface area contributed by atoms with Crippen LogP contribution in [0.4, 0.5) is 0 Å². The van der Waals surface area contributed by atoms with Crippen molar-refractivity contribution in [3.63, 3.8) is 0 Å². The molecule has 0 heterocycles. The van der Waals surface area contributed by atoms with Gasteiger partial charge >= 0.3 is 0 Å². The predicted molar refractivity (Wildman–Crippen MR) is 119 cm³/mol. The second-order valence-corrected chi connectivity index (χ2v) is 8.04. The quantitative estimate of drug-likeness (QED) is 0.175. The first-order chi connectivity index (χ1) is 13.2. The number of ether oxygens (including phenoxy) is 1. The summed E-state index contributed by atoms with van der Waals surface area (Å²) < 4.78 is 5.56. The van der Waals surface area contributed by atoms with Gasteiger partial charge in [-0.05, 0) is 19.3 Å². The lowest BCUT2D eigenvalue weighted by Crippen LogP contribution is -2.37. The number of hydrogen-bond donors (Lipinski definition) is 2. The first kappa shape index (κ1) is 26.6. The van der Waals surface area contributed by atoms with E-state index in [1.807, 2.05) is 6.08 Å². The van der Waals surface area contributed by atoms with Crippen LogP contribution in [0.5, 0.6) is 0 Å². The second kappa shape index (κ2) is 21.9. The third kappa shape index (κ3) is 20.2. The molecule has 0 amide bonds. The van der Waals surface area contributed by atoms with E-state index >= 15 is 0 Å². The maximum absolute atomic E-state index is 10.0. The summed E-state index contributed by atoms with van der Waals surface area (Å²) in [5.41, 5.74) is 5.98. The largest absolute Gasteiger partial charge is 0.387 e. The molecule has 2 atom stereocenters. The lowest BCUT2D eigenvalue weighted by atomic mass is 10.0. The number of allylic oxidation sites excluding steroid dienone is 1. The molecule has 0 saturated carbocycles. The fourth-order valence-corrected chi connectivity index (χ4v) is 3.25. The highest BCUT2D eigenvalue weighted by Gasteiger charge is 2.11. The van der Waals surface area contributed by atoms with Gasteiger partial charge in [-0.15, -0.1) is 0 Å². The Morgan fingerprint density at radius 3 is 1.78 bits per heavy atom. The summed E-state index contributed by atoms with van der Waals surface area (Å²) in [5, 5.41) is 10.0. The predicted octanol–water partition coefficient (Wildman–Crippen LogP) is 6.53. The summed E-state index contributed by atoms with van der Waals surface area (Å²) >= 11 is 0. The van der Waals surface area contributed by atoms with Gasteiger partial charge in [0.1, 0.15) is 0 Å². The van der Waals surface area contributed by atoms with E-state index in [4.69, 9.17) is 10.5 Å². The number of aliphatic hydroxyl groups excluding tert-OH is 1. The highest BCUT2D eigenvalue weighted by molar-refractivity contribution is 4.93. The van der Waals surface area contributed by atoms with E-state index in [1.165, 1.54) is 89.9 Å². The van der Waals surface area contributed by atoms with Gasteiger partial charge in [0.15, 0.2) is 0 Å². The molecule has 0 rings (SSSR count). The summed E-state index contributed by atoms with van der Waals surface area (Å²) in [6.45, 7) is 5.67. The number of aliphatic hydroxyl groups is 1. The molecule has 0 fully saturated rings. The van der Waals surface area contributed by atoms with Crippen molar-refractivity contribution in [2.45, 2.75) is 129 Å². The molecule has 0 saturated heterocycles. The Morgan fingerprint density at radius 2 is 1.22 bits per heavy atom. The molecule has 3 nitrogen and oxygen atoms in total. The fourth-order valence-electron chi connectivity index (χ4n) is 3.25. The molecule has 3 heteroatoms. The van der Waals surface area contributed by atoms with E-state index in [1.54, 1.807) is 0 Å². The van der Waals surface area contributed by atoms with Crippen LogP contribution in [-0.4, -0.2) is 30.5 Å². The van der Waals surface area contributed by atoms with Crippen molar-refractivity contribution in [3.8, 4) is 0 Å². The maximum Gasteiger partial charge on any atom is 0.0894 e. The zero-order chi connectivity index (χ0) is 20.0. The van der Waals surface area contributed by atoms with E-state index < -0.39 is 6.10 Å². The van der Waals surface area contributed by atoms with Crippen molar-refractivity contribution >= 4 is 0 Å². The molecule has 0 aliphatic carbocycles. The minimum absolute atomic E-state index is 0.315. The van der Waals surface area contributed by atoms with Crippen LogP contribution in [0.25, 0.3) is 0 Å². The number of hydrogen-bond acceptors (Lipinski definition) is 3. The molecular formula is C24H49NO2. The summed E-state index contributed by atoms with van der Waals surface area (Å²) in [6, 6.07) is -0.315. The van der Waals surface area contributed by atoms with Crippen LogP contribution in [-0.2, 0) is 4.74 Å². The van der Waals surface area contributed by atoms with Crippen molar-refractivity contribution in [3.05, 3.63) is 12.2 Å². The molecule has 0 aromatic rings. The average Bonchev–Trinajstić information content (AvgIpc) is 2.67. The second-order valence-electron chi connectivity index (χ2n) is 8.04. The van der Waals surface area contributed by atoms with Crippen molar-refractivity contribution in [1.29, 1.82) is 0 Å². The molecule has 2 unspecified atom stereocenters. The van der Waals surface area contributed by atoms with Crippen LogP contribution in [0.3, 0.4) is 0 Å². The standard InChI is InChI=1S/C24H49NO2/c1-3-5-7-9-10-11-12-13-14-15-16-17-18-20-24(26)23(25)22-27-21-19-8-6-4-2/h18,20,23-24,26H,3-17,19,21-22,25H2,1-2H3. The molecule has 0 aliphatic heterocycles. The molecular weight excluding hydrogens is 334 g/mol. The number of unbranched alkanes of at least 4 members (excludes halogenated alkanes) is 14. The number of nitrogens with two attached hydrogens (primary N) is 1. The Labute approximate surface area is 170 Å². The third-order valence-corrected chi connectivity index (χ3v) is 5.20. The molecule has 3 N–H and O–H groups in total. The Balaban J connectivity index is 3.38. The first-order valence-electron chi connectivity index (χ1n) is 11.9. The van der Waals surface area contributed by atoms with Gasteiger partial charge in [0, 0.05) is 6.61 Å². The highest BCUT2D eigenvalue weighted by Crippen LogP contribution is 2.12. The van der Waals surface area contributed by atoms with Crippen LogP contribution in [0.1, 0.15) is 117 Å². The molecule has 0 aromatic carbocycles. The van der Waals surface area contributed by atoms with Crippen LogP contribution < -0.4 is 5.73 Å². The fraction of sp³-hybridized carbons (Fsp3) is 0.917. The van der Waals surface area contributed by atoms with Crippen molar-refractivity contribution in [2.24, 2.45) is 5.73 Å². The molecule has 0 radical (unpaired) electrons. The number of rotatable bonds is 21. The Hall–Kier alpha value is -0.380. The molecule has 162 valence electrons. The normalized spacial score (nSPS) is 14.1. The summed E-state index contributed by atoms with van der Waals surface area (Å²) in [5.74, 6) is 0. The molecule has 27 heavy (non-hydrogen) atoms. The Morgan fingerprint density at radius 1 is 0.741 bits per heavy atom. The zero-order valence-electron chi connectivity index (χ0n) is 18.5. The van der Waals surface area contributed by atoms with E-state index in [0.29, 0.717) is 6.61 Å². The van der Waals surface area contributed by atoms with Crippen LogP contribution in [0, 0.1) is 0 Å². The van der Waals surface area contributed by atoms with Gasteiger partial charge in [-0.1, -0.05) is 109 Å². The molecule has 0 aromatic heterocycles. The van der Waals surface area contributed by atoms with E-state index in [0.717, 1.165) is 19.4 Å². The van der Waals surface area contributed by atoms with Gasteiger partial charge in [0.2, 0.25) is 0 Å². The Bertz CT molecular complexity index is 307. The van der Waals surface area contributed by atoms with Gasteiger partial charge in [-0.3, -0.25) is 0 Å². The van der Waals surface area contributed by atoms with Crippen LogP contribution >= 0.6 is 0 Å². The minimum atomic E-state index is -0.589. The monoisotopic (exact) mass is 383 g/mol. The van der Waals surface area contributed by atoms with Gasteiger partial charge in [0.25, 0.3) is 0 Å². The highest BCUT2D eigenvalue weighted by atomic mass is 16.5. The summed E-state index contributed by atoms with van der Waals surface area (Å²) in [4.78, 5) is 0. The van der Waals surface area contributed by atoms with Gasteiger partial charge in [0.05, 0.1) is 18.8 Å². The average molecular weight is 384 g/mol. The minimum Gasteiger partial charge on any atom is -0.387 e. The summed E-state index contributed by atoms with van der Waals surface area (Å²) in [6.07, 6.45) is 24.2. The van der Waals surface area contributed by atoms with E-state index in [-0.39, 0.29) is 6.04 Å². The van der Waals surface area contributed by atoms with E-state index in [2.05, 4.69) is 19.9 Å². The molecule has 0 bridgehead atoms. The lowest BCUT2D eigenvalue weighted by molar-refractivity contribution is 0.0784. The lowest BCUT2D eigenvalue weighted by Gasteiger charge is -2.15. The third-order valence-electron chi connectivity index (χ3n) is 5.20. The molecule has 0 spiro atoms. The summed E-state index contributed by atoms with van der Waals surface area (Å²) in [7, 11) is 0. The Kier molecular flexibility index (Phi) is 21.6. The van der Waals surface area contributed by atoms with Gasteiger partial charge < -0.3 is 15.6 Å². The SMILES string of the molecule is CCCCCCCCCCCCCC=CC(O)C(N)COCCCCCC. The molecule has 0 aliphatic rings. The first-order valence-corrected chi connectivity index (χ1v) is 11.9. The zero-order valence-corrected chi connectivity index (χ0v) is 18.5. The van der Waals surface area contributed by atoms with Crippen LogP contribution in [0.2, 0.25) is 0 Å². The smallest absolute Gasteiger partial charge is 0.0894 e. The topological polar surface area (TPSA) is 55.5 Å². The van der Waals surface area contributed by atoms with Crippen molar-refractivity contribution in [2.75, 3.05) is 13.2 Å². The van der Waals surface area contributed by atoms with Gasteiger partial charge in [-0.2, -0.15) is 0 Å². The van der Waals surface area contributed by atoms with Crippen molar-refractivity contribution in [1.82, 2.24) is 0 Å².